The lowest BCUT2D eigenvalue weighted by Gasteiger charge is -2.09. The molecule has 8 nitrogen and oxygen atoms in total. The molecule has 9 heteroatoms. The van der Waals surface area contributed by atoms with Gasteiger partial charge >= 0.3 is 0 Å². The molecule has 26 heavy (non-hydrogen) atoms. The monoisotopic (exact) mass is 377 g/mol. The van der Waals surface area contributed by atoms with Crippen molar-refractivity contribution >= 4 is 21.6 Å². The van der Waals surface area contributed by atoms with E-state index in [2.05, 4.69) is 10.0 Å². The maximum absolute atomic E-state index is 12.3. The first-order chi connectivity index (χ1) is 12.2. The van der Waals surface area contributed by atoms with Crippen molar-refractivity contribution in [2.75, 3.05) is 7.05 Å². The molecule has 0 spiro atoms. The number of nitrogens with zero attached hydrogens (tertiary/aromatic N) is 1. The molecule has 1 amide bonds. The molecular weight excluding hydrogens is 358 g/mol. The number of sulfonamides is 1. The average Bonchev–Trinajstić information content (AvgIpc) is 2.60. The minimum absolute atomic E-state index is 0.104. The molecule has 0 aliphatic heterocycles. The minimum atomic E-state index is -3.34. The van der Waals surface area contributed by atoms with Crippen LogP contribution >= 0.6 is 0 Å². The van der Waals surface area contributed by atoms with Gasteiger partial charge in [0.1, 0.15) is 0 Å². The van der Waals surface area contributed by atoms with Gasteiger partial charge in [0.2, 0.25) is 10.0 Å². The van der Waals surface area contributed by atoms with Crippen molar-refractivity contribution in [3.05, 3.63) is 74.8 Å². The number of rotatable bonds is 7. The van der Waals surface area contributed by atoms with Gasteiger partial charge in [0.05, 0.1) is 10.7 Å². The fourth-order valence-corrected chi connectivity index (χ4v) is 3.17. The lowest BCUT2D eigenvalue weighted by Crippen LogP contribution is -2.24. The van der Waals surface area contributed by atoms with E-state index < -0.39 is 20.9 Å². The van der Waals surface area contributed by atoms with E-state index >= 15 is 0 Å². The standard InChI is InChI=1S/C17H19N3O5S/c1-12-15(4-3-5-16(12)20(22)23)17(21)19-10-13-6-8-14(9-7-13)11-26(24,25)18-2/h3-9,18H,10-11H2,1-2H3,(H,19,21). The van der Waals surface area contributed by atoms with Crippen LogP contribution in [0, 0.1) is 17.0 Å². The quantitative estimate of drug-likeness (QED) is 0.564. The molecule has 0 atom stereocenters. The van der Waals surface area contributed by atoms with Crippen LogP contribution in [0.25, 0.3) is 0 Å². The van der Waals surface area contributed by atoms with Gasteiger partial charge in [-0.25, -0.2) is 13.1 Å². The van der Waals surface area contributed by atoms with Gasteiger partial charge in [-0.2, -0.15) is 0 Å². The van der Waals surface area contributed by atoms with E-state index in [-0.39, 0.29) is 23.5 Å². The van der Waals surface area contributed by atoms with Crippen molar-refractivity contribution in [3.63, 3.8) is 0 Å². The van der Waals surface area contributed by atoms with Crippen molar-refractivity contribution < 1.29 is 18.1 Å². The zero-order valence-corrected chi connectivity index (χ0v) is 15.2. The summed E-state index contributed by atoms with van der Waals surface area (Å²) in [4.78, 5) is 22.7. The normalized spacial score (nSPS) is 11.2. The van der Waals surface area contributed by atoms with E-state index in [1.165, 1.54) is 32.2 Å². The van der Waals surface area contributed by atoms with Gasteiger partial charge in [-0.15, -0.1) is 0 Å². The van der Waals surface area contributed by atoms with Crippen LogP contribution in [-0.4, -0.2) is 26.3 Å². The van der Waals surface area contributed by atoms with E-state index in [4.69, 9.17) is 0 Å². The topological polar surface area (TPSA) is 118 Å². The fraction of sp³-hybridized carbons (Fsp3) is 0.235. The molecule has 0 heterocycles. The van der Waals surface area contributed by atoms with Gasteiger partial charge in [-0.05, 0) is 31.2 Å². The smallest absolute Gasteiger partial charge is 0.273 e. The Morgan fingerprint density at radius 2 is 1.73 bits per heavy atom. The molecule has 0 saturated carbocycles. The maximum Gasteiger partial charge on any atom is 0.273 e. The van der Waals surface area contributed by atoms with Gasteiger partial charge in [0, 0.05) is 23.7 Å². The predicted molar refractivity (Wildman–Crippen MR) is 97.1 cm³/mol. The summed E-state index contributed by atoms with van der Waals surface area (Å²) < 4.78 is 25.3. The second-order valence-corrected chi connectivity index (χ2v) is 7.60. The van der Waals surface area contributed by atoms with Crippen molar-refractivity contribution in [3.8, 4) is 0 Å². The van der Waals surface area contributed by atoms with Crippen molar-refractivity contribution in [2.24, 2.45) is 0 Å². The van der Waals surface area contributed by atoms with Gasteiger partial charge in [-0.1, -0.05) is 30.3 Å². The lowest BCUT2D eigenvalue weighted by molar-refractivity contribution is -0.385. The molecule has 138 valence electrons. The number of hydrogen-bond donors (Lipinski definition) is 2. The van der Waals surface area contributed by atoms with Crippen molar-refractivity contribution in [2.45, 2.75) is 19.2 Å². The summed E-state index contributed by atoms with van der Waals surface area (Å²) in [5, 5.41) is 13.7. The molecule has 2 N–H and O–H groups in total. The highest BCUT2D eigenvalue weighted by Gasteiger charge is 2.17. The number of carbonyl (C=O) groups is 1. The molecule has 0 fully saturated rings. The lowest BCUT2D eigenvalue weighted by atomic mass is 10.1. The number of benzene rings is 2. The summed E-state index contributed by atoms with van der Waals surface area (Å²) in [6, 6.07) is 11.1. The van der Waals surface area contributed by atoms with E-state index in [1.54, 1.807) is 24.3 Å². The van der Waals surface area contributed by atoms with Gasteiger partial charge in [0.15, 0.2) is 0 Å². The second-order valence-electron chi connectivity index (χ2n) is 5.67. The maximum atomic E-state index is 12.3. The van der Waals surface area contributed by atoms with Crippen molar-refractivity contribution in [1.29, 1.82) is 0 Å². The first kappa shape index (κ1) is 19.5. The number of nitro benzene ring substituents is 1. The summed E-state index contributed by atoms with van der Waals surface area (Å²) >= 11 is 0. The highest BCUT2D eigenvalue weighted by Crippen LogP contribution is 2.21. The molecular formula is C17H19N3O5S. The summed E-state index contributed by atoms with van der Waals surface area (Å²) in [6.45, 7) is 1.75. The Bertz CT molecular complexity index is 924. The summed E-state index contributed by atoms with van der Waals surface area (Å²) in [6.07, 6.45) is 0. The van der Waals surface area contributed by atoms with E-state index in [1.807, 2.05) is 0 Å². The van der Waals surface area contributed by atoms with E-state index in [0.717, 1.165) is 5.56 Å². The van der Waals surface area contributed by atoms with E-state index in [9.17, 15) is 23.3 Å². The first-order valence-electron chi connectivity index (χ1n) is 7.75. The number of amides is 1. The minimum Gasteiger partial charge on any atom is -0.348 e. The zero-order chi connectivity index (χ0) is 19.3. The SMILES string of the molecule is CNS(=O)(=O)Cc1ccc(CNC(=O)c2cccc([N+](=O)[O-])c2C)cc1. The highest BCUT2D eigenvalue weighted by molar-refractivity contribution is 7.88. The molecule has 0 aliphatic rings. The van der Waals surface area contributed by atoms with Gasteiger partial charge < -0.3 is 5.32 Å². The molecule has 0 bridgehead atoms. The van der Waals surface area contributed by atoms with Crippen LogP contribution in [0.3, 0.4) is 0 Å². The largest absolute Gasteiger partial charge is 0.348 e. The van der Waals surface area contributed by atoms with Crippen LogP contribution in [0.15, 0.2) is 42.5 Å². The van der Waals surface area contributed by atoms with Crippen molar-refractivity contribution in [1.82, 2.24) is 10.0 Å². The van der Waals surface area contributed by atoms with Crippen LogP contribution in [0.5, 0.6) is 0 Å². The molecule has 2 rings (SSSR count). The molecule has 0 radical (unpaired) electrons. The third kappa shape index (κ3) is 4.87. The van der Waals surface area contributed by atoms with Crippen LogP contribution in [-0.2, 0) is 22.3 Å². The molecule has 2 aromatic rings. The summed E-state index contributed by atoms with van der Waals surface area (Å²) in [5.41, 5.74) is 1.86. The molecule has 0 aliphatic carbocycles. The Morgan fingerprint density at radius 3 is 2.31 bits per heavy atom. The van der Waals surface area contributed by atoms with Crippen LogP contribution in [0.2, 0.25) is 0 Å². The molecule has 0 unspecified atom stereocenters. The molecule has 0 saturated heterocycles. The Labute approximate surface area is 151 Å². The fourth-order valence-electron chi connectivity index (χ4n) is 2.39. The number of nitrogens with one attached hydrogen (secondary N) is 2. The van der Waals surface area contributed by atoms with Crippen LogP contribution in [0.1, 0.15) is 27.0 Å². The average molecular weight is 377 g/mol. The Morgan fingerprint density at radius 1 is 1.12 bits per heavy atom. The highest BCUT2D eigenvalue weighted by atomic mass is 32.2. The molecule has 2 aromatic carbocycles. The number of nitro groups is 1. The predicted octanol–water partition coefficient (Wildman–Crippen LogP) is 1.88. The molecule has 0 aromatic heterocycles. The zero-order valence-electron chi connectivity index (χ0n) is 14.4. The Balaban J connectivity index is 2.04. The van der Waals surface area contributed by atoms with Gasteiger partial charge in [0.25, 0.3) is 11.6 Å². The van der Waals surface area contributed by atoms with Gasteiger partial charge in [-0.3, -0.25) is 14.9 Å². The Hall–Kier alpha value is -2.78. The van der Waals surface area contributed by atoms with Crippen LogP contribution in [0.4, 0.5) is 5.69 Å². The van der Waals surface area contributed by atoms with Crippen LogP contribution < -0.4 is 10.0 Å². The number of hydrogen-bond acceptors (Lipinski definition) is 5. The van der Waals surface area contributed by atoms with E-state index in [0.29, 0.717) is 11.1 Å². The second kappa shape index (κ2) is 8.07. The summed E-state index contributed by atoms with van der Waals surface area (Å²) in [5.74, 6) is -0.531. The number of carbonyl (C=O) groups excluding carboxylic acids is 1. The first-order valence-corrected chi connectivity index (χ1v) is 9.40. The third-order valence-corrected chi connectivity index (χ3v) is 5.23. The summed E-state index contributed by atoms with van der Waals surface area (Å²) in [7, 11) is -1.98. The Kier molecular flexibility index (Phi) is 6.06. The third-order valence-electron chi connectivity index (χ3n) is 3.89.